The molecular formula is C28H37NO7. The van der Waals surface area contributed by atoms with Gasteiger partial charge in [-0.1, -0.05) is 62.4 Å². The van der Waals surface area contributed by atoms with E-state index in [1.54, 1.807) is 6.08 Å². The topological polar surface area (TPSA) is 102 Å². The molecule has 3 rings (SSSR count). The third-order valence-corrected chi connectivity index (χ3v) is 6.45. The highest BCUT2D eigenvalue weighted by molar-refractivity contribution is 6.03. The molecule has 1 N–H and O–H groups in total. The monoisotopic (exact) mass is 499 g/mol. The van der Waals surface area contributed by atoms with Crippen molar-refractivity contribution in [3.05, 3.63) is 59.9 Å². The molecule has 0 unspecified atom stereocenters. The lowest BCUT2D eigenvalue weighted by molar-refractivity contribution is -0.153. The van der Waals surface area contributed by atoms with Gasteiger partial charge < -0.3 is 19.3 Å². The van der Waals surface area contributed by atoms with Crippen LogP contribution in [0.2, 0.25) is 0 Å². The Labute approximate surface area is 212 Å². The summed E-state index contributed by atoms with van der Waals surface area (Å²) >= 11 is 0. The number of aliphatic hydroxyl groups is 1. The zero-order valence-electron chi connectivity index (χ0n) is 21.0. The predicted octanol–water partition coefficient (Wildman–Crippen LogP) is 4.11. The van der Waals surface area contributed by atoms with E-state index in [4.69, 9.17) is 19.3 Å². The van der Waals surface area contributed by atoms with Gasteiger partial charge in [0.15, 0.2) is 18.0 Å². The van der Waals surface area contributed by atoms with Crippen LogP contribution in [0.1, 0.15) is 56.9 Å². The molecule has 0 bridgehead atoms. The first-order chi connectivity index (χ1) is 17.5. The number of imide groups is 1. The average Bonchev–Trinajstić information content (AvgIpc) is 3.25. The third-order valence-electron chi connectivity index (χ3n) is 6.45. The number of allylic oxidation sites excluding steroid dienone is 2. The molecule has 2 aliphatic heterocycles. The summed E-state index contributed by atoms with van der Waals surface area (Å²) in [7, 11) is 1.33. The number of carbonyl (C=O) groups is 3. The van der Waals surface area contributed by atoms with Crippen molar-refractivity contribution < 1.29 is 33.7 Å². The Bertz CT molecular complexity index is 927. The predicted molar refractivity (Wildman–Crippen MR) is 134 cm³/mol. The standard InChI is InChI=1S/C28H37NO7/c1-34-26(27(32)29-22(20-35-28(29)33)19-21-13-9-8-10-14-21)25-24(31)17-16-23(36-25)15-11-6-4-2-3-5-7-12-18-30/h8-10,13-17,22,25-26,30H,2-7,11-12,18-20H2,1H3/t22-,25+,26-/m0/s1. The highest BCUT2D eigenvalue weighted by Crippen LogP contribution is 2.24. The maximum absolute atomic E-state index is 13.4. The summed E-state index contributed by atoms with van der Waals surface area (Å²) in [5, 5.41) is 8.82. The number of ether oxygens (including phenoxy) is 3. The number of hydrogen-bond acceptors (Lipinski definition) is 7. The van der Waals surface area contributed by atoms with Gasteiger partial charge in [-0.15, -0.1) is 0 Å². The number of methoxy groups -OCH3 is 1. The first-order valence-electron chi connectivity index (χ1n) is 12.8. The summed E-state index contributed by atoms with van der Waals surface area (Å²) in [6.07, 6.45) is 10.4. The van der Waals surface area contributed by atoms with E-state index in [1.165, 1.54) is 13.2 Å². The van der Waals surface area contributed by atoms with E-state index in [0.717, 1.165) is 61.8 Å². The second kappa shape index (κ2) is 14.6. The van der Waals surface area contributed by atoms with Crippen molar-refractivity contribution in [1.82, 2.24) is 4.90 Å². The Kier molecular flexibility index (Phi) is 11.2. The van der Waals surface area contributed by atoms with Crippen molar-refractivity contribution in [1.29, 1.82) is 0 Å². The minimum Gasteiger partial charge on any atom is -0.479 e. The molecule has 1 aromatic rings. The Morgan fingerprint density at radius 2 is 1.78 bits per heavy atom. The number of hydrogen-bond donors (Lipinski definition) is 1. The Balaban J connectivity index is 1.56. The molecule has 0 saturated carbocycles. The van der Waals surface area contributed by atoms with E-state index >= 15 is 0 Å². The SMILES string of the molecule is CO[C@H](C(=O)N1C(=O)OC[C@@H]1Cc1ccccc1)[C@@H]1OC(=CCCCCCCCCCO)C=CC1=O. The van der Waals surface area contributed by atoms with Crippen LogP contribution in [0.15, 0.2) is 54.3 Å². The summed E-state index contributed by atoms with van der Waals surface area (Å²) in [5.41, 5.74) is 0.968. The fourth-order valence-corrected chi connectivity index (χ4v) is 4.47. The second-order valence-electron chi connectivity index (χ2n) is 9.15. The largest absolute Gasteiger partial charge is 0.479 e. The maximum Gasteiger partial charge on any atom is 0.417 e. The lowest BCUT2D eigenvalue weighted by Crippen LogP contribution is -2.53. The molecule has 1 aromatic carbocycles. The normalized spacial score (nSPS) is 21.5. The molecule has 0 spiro atoms. The number of cyclic esters (lactones) is 1. The van der Waals surface area contributed by atoms with Gasteiger partial charge in [0, 0.05) is 13.7 Å². The Morgan fingerprint density at radius 1 is 1.08 bits per heavy atom. The summed E-state index contributed by atoms with van der Waals surface area (Å²) in [5.74, 6) is -0.514. The van der Waals surface area contributed by atoms with Crippen molar-refractivity contribution >= 4 is 17.8 Å². The fraction of sp³-hybridized carbons (Fsp3) is 0.536. The van der Waals surface area contributed by atoms with E-state index in [9.17, 15) is 14.4 Å². The van der Waals surface area contributed by atoms with Crippen LogP contribution in [0.3, 0.4) is 0 Å². The van der Waals surface area contributed by atoms with Crippen molar-refractivity contribution in [2.45, 2.75) is 76.0 Å². The molecule has 3 atom stereocenters. The van der Waals surface area contributed by atoms with E-state index in [-0.39, 0.29) is 19.0 Å². The van der Waals surface area contributed by atoms with E-state index in [2.05, 4.69) is 0 Å². The summed E-state index contributed by atoms with van der Waals surface area (Å²) in [6, 6.07) is 9.04. The van der Waals surface area contributed by atoms with Gasteiger partial charge in [-0.05, 0) is 49.5 Å². The van der Waals surface area contributed by atoms with Crippen LogP contribution in [-0.2, 0) is 30.2 Å². The first-order valence-corrected chi connectivity index (χ1v) is 12.8. The molecule has 8 heteroatoms. The zero-order valence-corrected chi connectivity index (χ0v) is 21.0. The molecule has 0 aromatic heterocycles. The molecule has 1 fully saturated rings. The minimum absolute atomic E-state index is 0.0852. The Morgan fingerprint density at radius 3 is 2.47 bits per heavy atom. The van der Waals surface area contributed by atoms with Crippen molar-refractivity contribution in [2.75, 3.05) is 20.3 Å². The fourth-order valence-electron chi connectivity index (χ4n) is 4.47. The highest BCUT2D eigenvalue weighted by Gasteiger charge is 2.46. The molecular weight excluding hydrogens is 462 g/mol. The number of unbranched alkanes of at least 4 members (excludes halogenated alkanes) is 7. The smallest absolute Gasteiger partial charge is 0.417 e. The van der Waals surface area contributed by atoms with Crippen molar-refractivity contribution in [3.63, 3.8) is 0 Å². The maximum atomic E-state index is 13.4. The van der Waals surface area contributed by atoms with Crippen LogP contribution in [0.4, 0.5) is 4.79 Å². The van der Waals surface area contributed by atoms with Gasteiger partial charge in [-0.25, -0.2) is 9.69 Å². The van der Waals surface area contributed by atoms with Crippen LogP contribution < -0.4 is 0 Å². The van der Waals surface area contributed by atoms with Crippen LogP contribution in [0.25, 0.3) is 0 Å². The van der Waals surface area contributed by atoms with Gasteiger partial charge >= 0.3 is 6.09 Å². The molecule has 0 aliphatic carbocycles. The van der Waals surface area contributed by atoms with Crippen LogP contribution in [-0.4, -0.2) is 66.4 Å². The van der Waals surface area contributed by atoms with Crippen molar-refractivity contribution in [3.8, 4) is 0 Å². The lowest BCUT2D eigenvalue weighted by atomic mass is 10.0. The summed E-state index contributed by atoms with van der Waals surface area (Å²) < 4.78 is 16.4. The molecule has 2 heterocycles. The van der Waals surface area contributed by atoms with Gasteiger partial charge in [0.25, 0.3) is 5.91 Å². The lowest BCUT2D eigenvalue weighted by Gasteiger charge is -2.30. The molecule has 1 saturated heterocycles. The number of benzene rings is 1. The number of aliphatic hydroxyl groups excluding tert-OH is 1. The number of ketones is 1. The molecule has 8 nitrogen and oxygen atoms in total. The second-order valence-corrected chi connectivity index (χ2v) is 9.15. The molecule has 196 valence electrons. The zero-order chi connectivity index (χ0) is 25.8. The molecule has 2 aliphatic rings. The van der Waals surface area contributed by atoms with Crippen LogP contribution in [0.5, 0.6) is 0 Å². The highest BCUT2D eigenvalue weighted by atomic mass is 16.6. The van der Waals surface area contributed by atoms with E-state index in [1.807, 2.05) is 36.4 Å². The first kappa shape index (κ1) is 27.6. The number of nitrogens with zero attached hydrogens (tertiary/aromatic N) is 1. The van der Waals surface area contributed by atoms with Gasteiger partial charge in [0.2, 0.25) is 0 Å². The number of amides is 2. The van der Waals surface area contributed by atoms with Gasteiger partial charge in [-0.2, -0.15) is 0 Å². The van der Waals surface area contributed by atoms with Crippen LogP contribution in [0, 0.1) is 0 Å². The Hall–Kier alpha value is -2.97. The molecule has 36 heavy (non-hydrogen) atoms. The van der Waals surface area contributed by atoms with E-state index < -0.39 is 30.3 Å². The minimum atomic E-state index is -1.27. The number of rotatable bonds is 14. The molecule has 0 radical (unpaired) electrons. The molecule has 2 amide bonds. The number of carbonyl (C=O) groups excluding carboxylic acids is 3. The average molecular weight is 500 g/mol. The van der Waals surface area contributed by atoms with Gasteiger partial charge in [0.1, 0.15) is 12.4 Å². The quantitative estimate of drug-likeness (QED) is 0.384. The third kappa shape index (κ3) is 7.77. The van der Waals surface area contributed by atoms with E-state index in [0.29, 0.717) is 12.2 Å². The summed E-state index contributed by atoms with van der Waals surface area (Å²) in [4.78, 5) is 39.5. The van der Waals surface area contributed by atoms with Crippen molar-refractivity contribution in [2.24, 2.45) is 0 Å². The van der Waals surface area contributed by atoms with Gasteiger partial charge in [0.05, 0.1) is 6.04 Å². The summed E-state index contributed by atoms with van der Waals surface area (Å²) in [6.45, 7) is 0.346. The van der Waals surface area contributed by atoms with Crippen LogP contribution >= 0.6 is 0 Å². The van der Waals surface area contributed by atoms with Gasteiger partial charge in [-0.3, -0.25) is 9.59 Å².